The molecule has 1 aromatic heterocycles. The third-order valence-corrected chi connectivity index (χ3v) is 2.70. The van der Waals surface area contributed by atoms with E-state index >= 15 is 0 Å². The standard InChI is InChI=1S/C16H19ClN2O4/c1-16(2,3)23-15(21)18-8-6-5-7-11-9-12(14(20)22-4)13(17)19-10-11/h9-10H,6,8H2,1-4H3,(H,18,21). The lowest BCUT2D eigenvalue weighted by Crippen LogP contribution is -2.32. The largest absolute Gasteiger partial charge is 0.465 e. The third kappa shape index (κ3) is 7.02. The molecule has 0 saturated heterocycles. The summed E-state index contributed by atoms with van der Waals surface area (Å²) in [7, 11) is 1.26. The zero-order valence-corrected chi connectivity index (χ0v) is 14.3. The van der Waals surface area contributed by atoms with Crippen molar-refractivity contribution in [1.82, 2.24) is 10.3 Å². The third-order valence-electron chi connectivity index (χ3n) is 2.40. The summed E-state index contributed by atoms with van der Waals surface area (Å²) in [6, 6.07) is 1.51. The summed E-state index contributed by atoms with van der Waals surface area (Å²) in [6.45, 7) is 5.73. The molecule has 0 aliphatic rings. The number of hydrogen-bond acceptors (Lipinski definition) is 5. The molecule has 1 rings (SSSR count). The highest BCUT2D eigenvalue weighted by Crippen LogP contribution is 2.14. The Bertz CT molecular complexity index is 642. The second-order valence-electron chi connectivity index (χ2n) is 5.53. The molecule has 0 radical (unpaired) electrons. The fourth-order valence-electron chi connectivity index (χ4n) is 1.48. The van der Waals surface area contributed by atoms with Crippen LogP contribution in [0.4, 0.5) is 4.79 Å². The number of methoxy groups -OCH3 is 1. The normalized spacial score (nSPS) is 10.3. The smallest absolute Gasteiger partial charge is 0.407 e. The Morgan fingerprint density at radius 3 is 2.70 bits per heavy atom. The van der Waals surface area contributed by atoms with Crippen molar-refractivity contribution in [2.75, 3.05) is 13.7 Å². The maximum atomic E-state index is 11.5. The number of alkyl carbamates (subject to hydrolysis) is 1. The van der Waals surface area contributed by atoms with Crippen LogP contribution in [0.5, 0.6) is 0 Å². The number of carbonyl (C=O) groups is 2. The second kappa shape index (κ2) is 8.39. The Balaban J connectivity index is 2.54. The van der Waals surface area contributed by atoms with Crippen LogP contribution < -0.4 is 5.32 Å². The highest BCUT2D eigenvalue weighted by molar-refractivity contribution is 6.32. The average molecular weight is 339 g/mol. The number of esters is 1. The molecule has 124 valence electrons. The van der Waals surface area contributed by atoms with E-state index in [4.69, 9.17) is 16.3 Å². The maximum absolute atomic E-state index is 11.5. The van der Waals surface area contributed by atoms with Gasteiger partial charge >= 0.3 is 12.1 Å². The summed E-state index contributed by atoms with van der Waals surface area (Å²) in [5.74, 6) is 5.14. The number of nitrogens with zero attached hydrogens (tertiary/aromatic N) is 1. The topological polar surface area (TPSA) is 77.5 Å². The Kier molecular flexibility index (Phi) is 6.86. The van der Waals surface area contributed by atoms with Gasteiger partial charge in [-0.15, -0.1) is 0 Å². The number of carbonyl (C=O) groups excluding carboxylic acids is 2. The van der Waals surface area contributed by atoms with Crippen molar-refractivity contribution >= 4 is 23.7 Å². The summed E-state index contributed by atoms with van der Waals surface area (Å²) in [4.78, 5) is 26.8. The van der Waals surface area contributed by atoms with E-state index < -0.39 is 17.7 Å². The minimum Gasteiger partial charge on any atom is -0.465 e. The number of amides is 1. The van der Waals surface area contributed by atoms with Crippen LogP contribution in [0.25, 0.3) is 0 Å². The number of hydrogen-bond donors (Lipinski definition) is 1. The van der Waals surface area contributed by atoms with Gasteiger partial charge < -0.3 is 14.8 Å². The van der Waals surface area contributed by atoms with Crippen molar-refractivity contribution < 1.29 is 19.1 Å². The van der Waals surface area contributed by atoms with Gasteiger partial charge in [0.25, 0.3) is 0 Å². The SMILES string of the molecule is COC(=O)c1cc(C#CCCNC(=O)OC(C)(C)C)cnc1Cl. The van der Waals surface area contributed by atoms with Crippen LogP contribution in [0.2, 0.25) is 5.15 Å². The van der Waals surface area contributed by atoms with Crippen LogP contribution in [0.15, 0.2) is 12.3 Å². The lowest BCUT2D eigenvalue weighted by molar-refractivity contribution is 0.0527. The summed E-state index contributed by atoms with van der Waals surface area (Å²) >= 11 is 5.82. The number of aromatic nitrogens is 1. The van der Waals surface area contributed by atoms with Crippen molar-refractivity contribution in [2.24, 2.45) is 0 Å². The molecule has 0 atom stereocenters. The second-order valence-corrected chi connectivity index (χ2v) is 5.89. The molecule has 0 unspecified atom stereocenters. The fourth-order valence-corrected chi connectivity index (χ4v) is 1.66. The lowest BCUT2D eigenvalue weighted by atomic mass is 10.2. The molecule has 0 fully saturated rings. The van der Waals surface area contributed by atoms with Gasteiger partial charge in [-0.1, -0.05) is 23.4 Å². The molecule has 1 N–H and O–H groups in total. The molecule has 0 aromatic carbocycles. The quantitative estimate of drug-likeness (QED) is 0.397. The molecule has 0 aliphatic carbocycles. The van der Waals surface area contributed by atoms with Crippen molar-refractivity contribution in [1.29, 1.82) is 0 Å². The Hall–Kier alpha value is -2.26. The van der Waals surface area contributed by atoms with Crippen molar-refractivity contribution in [3.05, 3.63) is 28.5 Å². The highest BCUT2D eigenvalue weighted by Gasteiger charge is 2.15. The van der Waals surface area contributed by atoms with E-state index in [9.17, 15) is 9.59 Å². The van der Waals surface area contributed by atoms with E-state index in [-0.39, 0.29) is 10.7 Å². The first-order valence-corrected chi connectivity index (χ1v) is 7.30. The van der Waals surface area contributed by atoms with E-state index in [0.717, 1.165) is 0 Å². The summed E-state index contributed by atoms with van der Waals surface area (Å²) in [5.41, 5.74) is 0.162. The molecular weight excluding hydrogens is 320 g/mol. The van der Waals surface area contributed by atoms with Gasteiger partial charge in [0.1, 0.15) is 10.8 Å². The molecule has 1 heterocycles. The van der Waals surface area contributed by atoms with E-state index in [1.807, 2.05) is 0 Å². The van der Waals surface area contributed by atoms with Crippen LogP contribution in [-0.2, 0) is 9.47 Å². The minimum atomic E-state index is -0.572. The Morgan fingerprint density at radius 2 is 2.09 bits per heavy atom. The zero-order valence-electron chi connectivity index (χ0n) is 13.5. The van der Waals surface area contributed by atoms with Gasteiger partial charge in [-0.3, -0.25) is 0 Å². The Morgan fingerprint density at radius 1 is 1.39 bits per heavy atom. The molecular formula is C16H19ClN2O4. The van der Waals surface area contributed by atoms with Crippen LogP contribution in [0.1, 0.15) is 43.1 Å². The van der Waals surface area contributed by atoms with E-state index in [2.05, 4.69) is 26.9 Å². The first-order valence-electron chi connectivity index (χ1n) is 6.92. The van der Waals surface area contributed by atoms with Gasteiger partial charge in [0.05, 0.1) is 12.7 Å². The zero-order chi connectivity index (χ0) is 17.5. The van der Waals surface area contributed by atoms with E-state index in [1.54, 1.807) is 20.8 Å². The van der Waals surface area contributed by atoms with Crippen molar-refractivity contribution in [2.45, 2.75) is 32.8 Å². The van der Waals surface area contributed by atoms with Crippen LogP contribution in [0.3, 0.4) is 0 Å². The Labute approximate surface area is 140 Å². The number of pyridine rings is 1. The fraction of sp³-hybridized carbons (Fsp3) is 0.438. The van der Waals surface area contributed by atoms with Crippen molar-refractivity contribution in [3.8, 4) is 11.8 Å². The number of nitrogens with one attached hydrogen (secondary N) is 1. The molecule has 1 amide bonds. The van der Waals surface area contributed by atoms with Crippen LogP contribution in [0, 0.1) is 11.8 Å². The van der Waals surface area contributed by atoms with Crippen LogP contribution >= 0.6 is 11.6 Å². The molecule has 0 bridgehead atoms. The molecule has 0 aliphatic heterocycles. The average Bonchev–Trinajstić information content (AvgIpc) is 2.45. The van der Waals surface area contributed by atoms with Gasteiger partial charge in [-0.05, 0) is 26.8 Å². The van der Waals surface area contributed by atoms with E-state index in [1.165, 1.54) is 19.4 Å². The number of ether oxygens (including phenoxy) is 2. The number of halogens is 1. The first-order chi connectivity index (χ1) is 10.7. The summed E-state index contributed by atoms with van der Waals surface area (Å²) in [5, 5.41) is 2.66. The van der Waals surface area contributed by atoms with Gasteiger partial charge in [0.2, 0.25) is 0 Å². The highest BCUT2D eigenvalue weighted by atomic mass is 35.5. The molecule has 1 aromatic rings. The predicted molar refractivity (Wildman–Crippen MR) is 86.3 cm³/mol. The first kappa shape index (κ1) is 18.8. The van der Waals surface area contributed by atoms with Crippen molar-refractivity contribution in [3.63, 3.8) is 0 Å². The van der Waals surface area contributed by atoms with Gasteiger partial charge in [-0.2, -0.15) is 0 Å². The molecule has 6 nitrogen and oxygen atoms in total. The minimum absolute atomic E-state index is 0.0639. The van der Waals surface area contributed by atoms with Gasteiger partial charge in [-0.25, -0.2) is 14.6 Å². The number of rotatable bonds is 3. The monoisotopic (exact) mass is 338 g/mol. The molecule has 0 saturated carbocycles. The summed E-state index contributed by atoms with van der Waals surface area (Å²) < 4.78 is 9.70. The van der Waals surface area contributed by atoms with Crippen LogP contribution in [-0.4, -0.2) is 36.3 Å². The van der Waals surface area contributed by atoms with E-state index in [0.29, 0.717) is 18.5 Å². The molecule has 23 heavy (non-hydrogen) atoms. The maximum Gasteiger partial charge on any atom is 0.407 e. The van der Waals surface area contributed by atoms with Gasteiger partial charge in [0, 0.05) is 24.7 Å². The van der Waals surface area contributed by atoms with Gasteiger partial charge in [0.15, 0.2) is 0 Å². The molecule has 7 heteroatoms. The summed E-state index contributed by atoms with van der Waals surface area (Å²) in [6.07, 6.45) is 1.40. The predicted octanol–water partition coefficient (Wildman–Crippen LogP) is 2.79. The lowest BCUT2D eigenvalue weighted by Gasteiger charge is -2.19. The molecule has 0 spiro atoms.